The van der Waals surface area contributed by atoms with Crippen molar-refractivity contribution in [2.45, 2.75) is 40.2 Å². The Morgan fingerprint density at radius 2 is 1.94 bits per heavy atom. The van der Waals surface area contributed by atoms with Gasteiger partial charge in [-0.05, 0) is 0 Å². The number of H-pyrrole nitrogens is 1. The average Bonchev–Trinajstić information content (AvgIpc) is 2.79. The van der Waals surface area contributed by atoms with E-state index >= 15 is 0 Å². The number of amides is 1. The molecule has 1 amide bonds. The Bertz CT molecular complexity index is 396. The van der Waals surface area contributed by atoms with Gasteiger partial charge in [0, 0.05) is 30.1 Å². The number of imidazole rings is 1. The second kappa shape index (κ2) is 6.33. The third-order valence-corrected chi connectivity index (χ3v) is 2.73. The number of aromatic amines is 1. The maximum atomic E-state index is 12.1. The lowest BCUT2D eigenvalue weighted by atomic mass is 9.97. The number of carbonyl (C=O) groups is 2. The minimum Gasteiger partial charge on any atom is -0.348 e. The zero-order valence-corrected chi connectivity index (χ0v) is 11.4. The summed E-state index contributed by atoms with van der Waals surface area (Å²) in [6, 6.07) is -0.486. The summed E-state index contributed by atoms with van der Waals surface area (Å²) >= 11 is 0. The maximum Gasteiger partial charge on any atom is 0.223 e. The third-order valence-electron chi connectivity index (χ3n) is 2.73. The van der Waals surface area contributed by atoms with Gasteiger partial charge in [0.05, 0.1) is 12.4 Å². The van der Waals surface area contributed by atoms with Crippen LogP contribution in [-0.4, -0.2) is 27.7 Å². The monoisotopic (exact) mass is 251 g/mol. The minimum absolute atomic E-state index is 0.0404. The minimum atomic E-state index is -0.486. The van der Waals surface area contributed by atoms with E-state index in [1.165, 1.54) is 0 Å². The van der Waals surface area contributed by atoms with E-state index in [4.69, 9.17) is 0 Å². The Hall–Kier alpha value is -1.65. The molecule has 0 aliphatic rings. The topological polar surface area (TPSA) is 74.8 Å². The molecule has 1 heterocycles. The Balaban J connectivity index is 2.75. The standard InChI is InChI=1S/C13H21N3O2/c1-8(2)12(17)11(16-13(18)9(3)4)5-10-6-14-7-15-10/h6-9,11H,5H2,1-4H3,(H,14,15)(H,16,18)/t11-/m0/s1. The second-order valence-corrected chi connectivity index (χ2v) is 5.05. The van der Waals surface area contributed by atoms with Crippen LogP contribution in [0.4, 0.5) is 0 Å². The van der Waals surface area contributed by atoms with Gasteiger partial charge in [0.25, 0.3) is 0 Å². The quantitative estimate of drug-likeness (QED) is 0.800. The van der Waals surface area contributed by atoms with E-state index in [1.54, 1.807) is 12.5 Å². The van der Waals surface area contributed by atoms with Gasteiger partial charge < -0.3 is 10.3 Å². The van der Waals surface area contributed by atoms with Gasteiger partial charge in [-0.15, -0.1) is 0 Å². The maximum absolute atomic E-state index is 12.1. The Morgan fingerprint density at radius 1 is 1.28 bits per heavy atom. The summed E-state index contributed by atoms with van der Waals surface area (Å²) in [5.74, 6) is -0.299. The first kappa shape index (κ1) is 14.4. The van der Waals surface area contributed by atoms with Crippen molar-refractivity contribution < 1.29 is 9.59 Å². The van der Waals surface area contributed by atoms with Crippen molar-refractivity contribution >= 4 is 11.7 Å². The molecule has 1 aromatic heterocycles. The number of ketones is 1. The lowest BCUT2D eigenvalue weighted by Crippen LogP contribution is -2.45. The van der Waals surface area contributed by atoms with Gasteiger partial charge in [-0.2, -0.15) is 0 Å². The molecule has 2 N–H and O–H groups in total. The van der Waals surface area contributed by atoms with Crippen LogP contribution in [0, 0.1) is 11.8 Å². The second-order valence-electron chi connectivity index (χ2n) is 5.05. The van der Waals surface area contributed by atoms with Crippen molar-refractivity contribution in [3.63, 3.8) is 0 Å². The van der Waals surface area contributed by atoms with E-state index in [9.17, 15) is 9.59 Å². The van der Waals surface area contributed by atoms with Crippen molar-refractivity contribution in [2.75, 3.05) is 0 Å². The van der Waals surface area contributed by atoms with Crippen LogP contribution >= 0.6 is 0 Å². The molecule has 5 heteroatoms. The number of nitrogens with one attached hydrogen (secondary N) is 2. The summed E-state index contributed by atoms with van der Waals surface area (Å²) in [5.41, 5.74) is 0.845. The molecule has 1 rings (SSSR count). The van der Waals surface area contributed by atoms with Crippen molar-refractivity contribution in [1.29, 1.82) is 0 Å². The van der Waals surface area contributed by atoms with Crippen molar-refractivity contribution in [3.8, 4) is 0 Å². The molecule has 0 spiro atoms. The van der Waals surface area contributed by atoms with Crippen molar-refractivity contribution in [2.24, 2.45) is 11.8 Å². The van der Waals surface area contributed by atoms with Crippen LogP contribution < -0.4 is 5.32 Å². The highest BCUT2D eigenvalue weighted by molar-refractivity contribution is 5.90. The lowest BCUT2D eigenvalue weighted by molar-refractivity contribution is -0.130. The normalized spacial score (nSPS) is 12.8. The highest BCUT2D eigenvalue weighted by Gasteiger charge is 2.24. The summed E-state index contributed by atoms with van der Waals surface area (Å²) in [6.07, 6.45) is 3.69. The van der Waals surface area contributed by atoms with E-state index in [0.29, 0.717) is 6.42 Å². The van der Waals surface area contributed by atoms with Gasteiger partial charge in [0.15, 0.2) is 5.78 Å². The van der Waals surface area contributed by atoms with E-state index < -0.39 is 6.04 Å². The molecule has 0 bridgehead atoms. The molecule has 100 valence electrons. The van der Waals surface area contributed by atoms with Crippen LogP contribution in [0.25, 0.3) is 0 Å². The molecular weight excluding hydrogens is 230 g/mol. The number of rotatable bonds is 6. The molecular formula is C13H21N3O2. The molecule has 0 aromatic carbocycles. The Kier molecular flexibility index (Phi) is 5.07. The smallest absolute Gasteiger partial charge is 0.223 e. The number of carbonyl (C=O) groups excluding carboxylic acids is 2. The van der Waals surface area contributed by atoms with Crippen molar-refractivity contribution in [3.05, 3.63) is 18.2 Å². The van der Waals surface area contributed by atoms with E-state index in [0.717, 1.165) is 5.69 Å². The molecule has 0 saturated heterocycles. The summed E-state index contributed by atoms with van der Waals surface area (Å²) in [4.78, 5) is 30.7. The third kappa shape index (κ3) is 3.98. The number of Topliss-reactive ketones (excluding diaryl/α,β-unsaturated/α-hetero) is 1. The Morgan fingerprint density at radius 3 is 2.39 bits per heavy atom. The number of aromatic nitrogens is 2. The molecule has 18 heavy (non-hydrogen) atoms. The fourth-order valence-electron chi connectivity index (χ4n) is 1.58. The number of hydrogen-bond donors (Lipinski definition) is 2. The first-order chi connectivity index (χ1) is 8.41. The largest absolute Gasteiger partial charge is 0.348 e. The number of nitrogens with zero attached hydrogens (tertiary/aromatic N) is 1. The molecule has 0 aliphatic carbocycles. The highest BCUT2D eigenvalue weighted by atomic mass is 16.2. The fraction of sp³-hybridized carbons (Fsp3) is 0.615. The van der Waals surface area contributed by atoms with Crippen molar-refractivity contribution in [1.82, 2.24) is 15.3 Å². The SMILES string of the molecule is CC(C)C(=O)N[C@@H](Cc1cnc[nH]1)C(=O)C(C)C. The summed E-state index contributed by atoms with van der Waals surface area (Å²) < 4.78 is 0. The van der Waals surface area contributed by atoms with Gasteiger partial charge in [0.2, 0.25) is 5.91 Å². The van der Waals surface area contributed by atoms with Gasteiger partial charge in [-0.1, -0.05) is 27.7 Å². The predicted molar refractivity (Wildman–Crippen MR) is 68.9 cm³/mol. The first-order valence-electron chi connectivity index (χ1n) is 6.23. The summed E-state index contributed by atoms with van der Waals surface area (Å²) in [6.45, 7) is 7.29. The molecule has 0 radical (unpaired) electrons. The molecule has 5 nitrogen and oxygen atoms in total. The number of hydrogen-bond acceptors (Lipinski definition) is 3. The van der Waals surface area contributed by atoms with Crippen LogP contribution in [0.3, 0.4) is 0 Å². The molecule has 0 saturated carbocycles. The Labute approximate surface area is 107 Å². The van der Waals surface area contributed by atoms with Gasteiger partial charge in [-0.3, -0.25) is 9.59 Å². The van der Waals surface area contributed by atoms with Crippen LogP contribution in [0.5, 0.6) is 0 Å². The van der Waals surface area contributed by atoms with E-state index in [-0.39, 0.29) is 23.5 Å². The zero-order chi connectivity index (χ0) is 13.7. The molecule has 1 atom stereocenters. The van der Waals surface area contributed by atoms with E-state index in [2.05, 4.69) is 15.3 Å². The molecule has 0 fully saturated rings. The summed E-state index contributed by atoms with van der Waals surface area (Å²) in [7, 11) is 0. The average molecular weight is 251 g/mol. The van der Waals surface area contributed by atoms with Gasteiger partial charge >= 0.3 is 0 Å². The van der Waals surface area contributed by atoms with Gasteiger partial charge in [0.1, 0.15) is 0 Å². The summed E-state index contributed by atoms with van der Waals surface area (Å²) in [5, 5.41) is 2.80. The van der Waals surface area contributed by atoms with Crippen LogP contribution in [0.1, 0.15) is 33.4 Å². The van der Waals surface area contributed by atoms with Crippen LogP contribution in [0.15, 0.2) is 12.5 Å². The first-order valence-corrected chi connectivity index (χ1v) is 6.23. The van der Waals surface area contributed by atoms with Crippen LogP contribution in [0.2, 0.25) is 0 Å². The highest BCUT2D eigenvalue weighted by Crippen LogP contribution is 2.07. The van der Waals surface area contributed by atoms with E-state index in [1.807, 2.05) is 27.7 Å². The fourth-order valence-corrected chi connectivity index (χ4v) is 1.58. The molecule has 0 unspecified atom stereocenters. The molecule has 1 aromatic rings. The molecule has 0 aliphatic heterocycles. The lowest BCUT2D eigenvalue weighted by Gasteiger charge is -2.20. The predicted octanol–water partition coefficient (Wildman–Crippen LogP) is 1.32. The van der Waals surface area contributed by atoms with Gasteiger partial charge in [-0.25, -0.2) is 4.98 Å². The van der Waals surface area contributed by atoms with Crippen LogP contribution in [-0.2, 0) is 16.0 Å². The zero-order valence-electron chi connectivity index (χ0n) is 11.4.